The lowest BCUT2D eigenvalue weighted by Crippen LogP contribution is -2.26. The lowest BCUT2D eigenvalue weighted by Gasteiger charge is -2.20. The highest BCUT2D eigenvalue weighted by molar-refractivity contribution is 5.48. The third-order valence-corrected chi connectivity index (χ3v) is 4.26. The number of fused-ring (bicyclic) bond motifs is 1. The van der Waals surface area contributed by atoms with Crippen molar-refractivity contribution in [2.45, 2.75) is 32.2 Å². The summed E-state index contributed by atoms with van der Waals surface area (Å²) in [6.07, 6.45) is 0.994. The fourth-order valence-corrected chi connectivity index (χ4v) is 3.13. The Balaban J connectivity index is 2.15. The van der Waals surface area contributed by atoms with E-state index in [0.717, 1.165) is 6.42 Å². The molecular weight excluding hydrogens is 218 g/mol. The molecule has 0 saturated heterocycles. The van der Waals surface area contributed by atoms with E-state index in [-0.39, 0.29) is 6.04 Å². The van der Waals surface area contributed by atoms with Crippen LogP contribution in [0.15, 0.2) is 42.5 Å². The zero-order valence-corrected chi connectivity index (χ0v) is 11.0. The molecule has 2 unspecified atom stereocenters. The smallest absolute Gasteiger partial charge is 0.0249 e. The van der Waals surface area contributed by atoms with Crippen LogP contribution in [0.1, 0.15) is 33.7 Å². The molecule has 2 N–H and O–H groups in total. The summed E-state index contributed by atoms with van der Waals surface area (Å²) in [6.45, 7) is 4.38. The topological polar surface area (TPSA) is 26.0 Å². The second-order valence-corrected chi connectivity index (χ2v) is 5.33. The third-order valence-electron chi connectivity index (χ3n) is 4.26. The molecule has 2 aromatic carbocycles. The van der Waals surface area contributed by atoms with Crippen LogP contribution in [0.25, 0.3) is 0 Å². The molecule has 0 aromatic heterocycles. The van der Waals surface area contributed by atoms with Crippen LogP contribution in [0.3, 0.4) is 0 Å². The first-order valence-electron chi connectivity index (χ1n) is 6.58. The average Bonchev–Trinajstić information content (AvgIpc) is 2.69. The number of benzene rings is 2. The van der Waals surface area contributed by atoms with Gasteiger partial charge in [0.15, 0.2) is 0 Å². The molecule has 0 amide bonds. The van der Waals surface area contributed by atoms with E-state index in [4.69, 9.17) is 5.73 Å². The molecule has 1 aliphatic carbocycles. The molecule has 0 spiro atoms. The normalized spacial score (nSPS) is 21.9. The van der Waals surface area contributed by atoms with Gasteiger partial charge in [0, 0.05) is 12.0 Å². The molecular formula is C17H19N. The molecule has 92 valence electrons. The van der Waals surface area contributed by atoms with Gasteiger partial charge in [-0.2, -0.15) is 0 Å². The minimum Gasteiger partial charge on any atom is -0.327 e. The summed E-state index contributed by atoms with van der Waals surface area (Å²) in [5.74, 6) is 0.362. The Morgan fingerprint density at radius 3 is 2.50 bits per heavy atom. The van der Waals surface area contributed by atoms with E-state index in [2.05, 4.69) is 56.3 Å². The summed E-state index contributed by atoms with van der Waals surface area (Å²) < 4.78 is 0. The monoisotopic (exact) mass is 237 g/mol. The number of aryl methyl sites for hydroxylation is 1. The lowest BCUT2D eigenvalue weighted by atomic mass is 9.86. The van der Waals surface area contributed by atoms with E-state index >= 15 is 0 Å². The molecule has 1 heteroatoms. The highest BCUT2D eigenvalue weighted by atomic mass is 14.7. The van der Waals surface area contributed by atoms with Gasteiger partial charge in [-0.3, -0.25) is 0 Å². The second kappa shape index (κ2) is 4.25. The molecule has 18 heavy (non-hydrogen) atoms. The van der Waals surface area contributed by atoms with Crippen LogP contribution in [0.5, 0.6) is 0 Å². The minimum absolute atomic E-state index is 0.211. The Morgan fingerprint density at radius 2 is 1.67 bits per heavy atom. The zero-order chi connectivity index (χ0) is 12.7. The summed E-state index contributed by atoms with van der Waals surface area (Å²) in [5.41, 5.74) is 13.3. The van der Waals surface area contributed by atoms with Crippen molar-refractivity contribution in [1.82, 2.24) is 0 Å². The Kier molecular flexibility index (Phi) is 2.71. The molecule has 1 aliphatic rings. The molecule has 0 heterocycles. The van der Waals surface area contributed by atoms with Crippen LogP contribution < -0.4 is 5.73 Å². The summed E-state index contributed by atoms with van der Waals surface area (Å²) in [7, 11) is 0. The van der Waals surface area contributed by atoms with Gasteiger partial charge in [-0.1, -0.05) is 42.5 Å². The van der Waals surface area contributed by atoms with Gasteiger partial charge in [-0.05, 0) is 48.1 Å². The molecule has 0 fully saturated rings. The van der Waals surface area contributed by atoms with Crippen molar-refractivity contribution in [2.75, 3.05) is 0 Å². The molecule has 3 rings (SSSR count). The number of nitrogens with two attached hydrogens (primary N) is 1. The van der Waals surface area contributed by atoms with Crippen LogP contribution in [-0.4, -0.2) is 6.04 Å². The molecule has 2 aromatic rings. The number of hydrogen-bond donors (Lipinski definition) is 1. The molecule has 0 radical (unpaired) electrons. The van der Waals surface area contributed by atoms with Crippen LogP contribution in [0, 0.1) is 13.8 Å². The molecule has 2 atom stereocenters. The maximum Gasteiger partial charge on any atom is 0.0249 e. The predicted molar refractivity (Wildman–Crippen MR) is 75.9 cm³/mol. The van der Waals surface area contributed by atoms with Crippen molar-refractivity contribution in [3.05, 3.63) is 70.3 Å². The van der Waals surface area contributed by atoms with E-state index in [9.17, 15) is 0 Å². The highest BCUT2D eigenvalue weighted by Gasteiger charge is 2.31. The van der Waals surface area contributed by atoms with Gasteiger partial charge in [0.2, 0.25) is 0 Å². The fraction of sp³-hybridized carbons (Fsp3) is 0.294. The maximum absolute atomic E-state index is 6.38. The van der Waals surface area contributed by atoms with E-state index < -0.39 is 0 Å². The first-order chi connectivity index (χ1) is 8.68. The Labute approximate surface area is 109 Å². The van der Waals surface area contributed by atoms with Crippen LogP contribution >= 0.6 is 0 Å². The van der Waals surface area contributed by atoms with Gasteiger partial charge >= 0.3 is 0 Å². The maximum atomic E-state index is 6.38. The van der Waals surface area contributed by atoms with Crippen molar-refractivity contribution in [2.24, 2.45) is 5.73 Å². The molecule has 1 nitrogen and oxygen atoms in total. The van der Waals surface area contributed by atoms with Gasteiger partial charge in [0.05, 0.1) is 0 Å². The van der Waals surface area contributed by atoms with Crippen LogP contribution in [0.2, 0.25) is 0 Å². The van der Waals surface area contributed by atoms with E-state index in [1.54, 1.807) is 0 Å². The Bertz CT molecular complexity index is 586. The lowest BCUT2D eigenvalue weighted by molar-refractivity contribution is 0.640. The van der Waals surface area contributed by atoms with Crippen LogP contribution in [0.4, 0.5) is 0 Å². The quantitative estimate of drug-likeness (QED) is 0.809. The predicted octanol–water partition coefficient (Wildman–Crippen LogP) is 3.32. The highest BCUT2D eigenvalue weighted by Crippen LogP contribution is 2.38. The minimum atomic E-state index is 0.211. The number of rotatable bonds is 1. The van der Waals surface area contributed by atoms with E-state index in [0.29, 0.717) is 5.92 Å². The van der Waals surface area contributed by atoms with Gasteiger partial charge in [-0.15, -0.1) is 0 Å². The van der Waals surface area contributed by atoms with E-state index in [1.807, 2.05) is 0 Å². The molecule has 0 aliphatic heterocycles. The van der Waals surface area contributed by atoms with E-state index in [1.165, 1.54) is 27.8 Å². The van der Waals surface area contributed by atoms with Crippen molar-refractivity contribution in [3.63, 3.8) is 0 Å². The summed E-state index contributed by atoms with van der Waals surface area (Å²) in [6, 6.07) is 15.4. The zero-order valence-electron chi connectivity index (χ0n) is 11.0. The second-order valence-electron chi connectivity index (χ2n) is 5.33. The Morgan fingerprint density at radius 1 is 0.944 bits per heavy atom. The molecule has 0 bridgehead atoms. The fourth-order valence-electron chi connectivity index (χ4n) is 3.13. The van der Waals surface area contributed by atoms with Crippen molar-refractivity contribution in [1.29, 1.82) is 0 Å². The summed E-state index contributed by atoms with van der Waals surface area (Å²) in [5, 5.41) is 0. The van der Waals surface area contributed by atoms with Gasteiger partial charge < -0.3 is 5.73 Å². The first kappa shape index (κ1) is 11.5. The van der Waals surface area contributed by atoms with Crippen molar-refractivity contribution < 1.29 is 0 Å². The van der Waals surface area contributed by atoms with Gasteiger partial charge in [0.1, 0.15) is 0 Å². The first-order valence-corrected chi connectivity index (χ1v) is 6.58. The van der Waals surface area contributed by atoms with Crippen LogP contribution in [-0.2, 0) is 6.42 Å². The molecule has 0 saturated carbocycles. The Hall–Kier alpha value is -1.60. The van der Waals surface area contributed by atoms with Crippen molar-refractivity contribution >= 4 is 0 Å². The summed E-state index contributed by atoms with van der Waals surface area (Å²) in [4.78, 5) is 0. The van der Waals surface area contributed by atoms with Crippen molar-refractivity contribution in [3.8, 4) is 0 Å². The average molecular weight is 237 g/mol. The summed E-state index contributed by atoms with van der Waals surface area (Å²) >= 11 is 0. The standard InChI is InChI=1S/C17H19N/c1-11-6-5-9-14(12(11)2)17-15-8-4-3-7-13(15)10-16(17)18/h3-9,16-17H,10,18H2,1-2H3. The van der Waals surface area contributed by atoms with Gasteiger partial charge in [0.25, 0.3) is 0 Å². The third kappa shape index (κ3) is 1.67. The van der Waals surface area contributed by atoms with Gasteiger partial charge in [-0.25, -0.2) is 0 Å². The SMILES string of the molecule is Cc1cccc(C2c3ccccc3CC2N)c1C. The largest absolute Gasteiger partial charge is 0.327 e. The number of hydrogen-bond acceptors (Lipinski definition) is 1.